The molecule has 0 saturated carbocycles. The zero-order chi connectivity index (χ0) is 15.2. The van der Waals surface area contributed by atoms with Crippen molar-refractivity contribution in [3.63, 3.8) is 0 Å². The van der Waals surface area contributed by atoms with E-state index in [2.05, 4.69) is 44.1 Å². The molecule has 112 valence electrons. The summed E-state index contributed by atoms with van der Waals surface area (Å²) < 4.78 is 0. The lowest BCUT2D eigenvalue weighted by Crippen LogP contribution is -2.32. The second-order valence-corrected chi connectivity index (χ2v) is 8.27. The Kier molecular flexibility index (Phi) is 3.62. The molecule has 1 aliphatic rings. The largest absolute Gasteiger partial charge is 0.313 e. The summed E-state index contributed by atoms with van der Waals surface area (Å²) in [6, 6.07) is 2.56. The lowest BCUT2D eigenvalue weighted by molar-refractivity contribution is 0.260. The summed E-state index contributed by atoms with van der Waals surface area (Å²) in [6.45, 7) is 8.93. The van der Waals surface area contributed by atoms with Crippen LogP contribution < -0.4 is 5.32 Å². The maximum Gasteiger partial charge on any atom is 0.160 e. The number of hydrogen-bond donors (Lipinski definition) is 1. The van der Waals surface area contributed by atoms with Crippen molar-refractivity contribution in [3.8, 4) is 11.4 Å². The first-order valence-corrected chi connectivity index (χ1v) is 8.32. The van der Waals surface area contributed by atoms with Crippen LogP contribution in [-0.4, -0.2) is 17.0 Å². The van der Waals surface area contributed by atoms with Gasteiger partial charge in [-0.2, -0.15) is 0 Å². The number of nitrogens with zero attached hydrogens (tertiary/aromatic N) is 2. The molecule has 4 heteroatoms. The van der Waals surface area contributed by atoms with E-state index in [1.54, 1.807) is 0 Å². The first-order valence-electron chi connectivity index (χ1n) is 7.50. The van der Waals surface area contributed by atoms with Gasteiger partial charge in [-0.25, -0.2) is 9.97 Å². The molecule has 0 saturated heterocycles. The summed E-state index contributed by atoms with van der Waals surface area (Å²) in [5.41, 5.74) is 3.94. The molecule has 0 bridgehead atoms. The van der Waals surface area contributed by atoms with Crippen LogP contribution in [0.2, 0.25) is 0 Å². The van der Waals surface area contributed by atoms with Gasteiger partial charge in [0, 0.05) is 38.8 Å². The molecule has 1 N–H and O–H groups in total. The van der Waals surface area contributed by atoms with Gasteiger partial charge in [0.05, 0.1) is 0 Å². The van der Waals surface area contributed by atoms with Gasteiger partial charge in [-0.15, -0.1) is 11.3 Å². The molecule has 0 amide bonds. The number of hydrogen-bond acceptors (Lipinski definition) is 4. The Balaban J connectivity index is 2.07. The number of nitrogens with one attached hydrogen (secondary N) is 1. The lowest BCUT2D eigenvalue weighted by atomic mass is 9.74. The van der Waals surface area contributed by atoms with Crippen LogP contribution in [0.3, 0.4) is 0 Å². The minimum atomic E-state index is 0.284. The van der Waals surface area contributed by atoms with Crippen molar-refractivity contribution in [2.24, 2.45) is 5.41 Å². The van der Waals surface area contributed by atoms with Crippen LogP contribution in [0.15, 0.2) is 12.3 Å². The second-order valence-electron chi connectivity index (χ2n) is 6.81. The van der Waals surface area contributed by atoms with Gasteiger partial charge in [0.1, 0.15) is 0 Å². The predicted molar refractivity (Wildman–Crippen MR) is 88.7 cm³/mol. The Morgan fingerprint density at radius 1 is 1.33 bits per heavy atom. The topological polar surface area (TPSA) is 37.8 Å². The molecule has 0 spiro atoms. The number of aryl methyl sites for hydroxylation is 2. The van der Waals surface area contributed by atoms with E-state index in [4.69, 9.17) is 4.98 Å². The van der Waals surface area contributed by atoms with E-state index in [0.29, 0.717) is 6.04 Å². The SMILES string of the molecule is CNC1CC(C)(C)Cc2nc(-c3cc(C)sc3C)ncc21. The Morgan fingerprint density at radius 3 is 2.71 bits per heavy atom. The van der Waals surface area contributed by atoms with Crippen LogP contribution in [0.1, 0.15) is 47.3 Å². The fraction of sp³-hybridized carbons (Fsp3) is 0.529. The highest BCUT2D eigenvalue weighted by molar-refractivity contribution is 7.12. The molecule has 0 radical (unpaired) electrons. The predicted octanol–water partition coefficient (Wildman–Crippen LogP) is 4.05. The summed E-state index contributed by atoms with van der Waals surface area (Å²) in [7, 11) is 2.02. The van der Waals surface area contributed by atoms with Gasteiger partial charge in [0.15, 0.2) is 5.82 Å². The van der Waals surface area contributed by atoms with E-state index in [-0.39, 0.29) is 5.41 Å². The number of fused-ring (bicyclic) bond motifs is 1. The number of rotatable bonds is 2. The third-order valence-corrected chi connectivity index (χ3v) is 5.27. The highest BCUT2D eigenvalue weighted by atomic mass is 32.1. The highest BCUT2D eigenvalue weighted by Gasteiger charge is 2.33. The molecule has 2 aromatic rings. The van der Waals surface area contributed by atoms with Crippen LogP contribution in [0.4, 0.5) is 0 Å². The van der Waals surface area contributed by atoms with E-state index in [0.717, 1.165) is 18.7 Å². The van der Waals surface area contributed by atoms with E-state index in [9.17, 15) is 0 Å². The maximum absolute atomic E-state index is 4.91. The molecule has 3 rings (SSSR count). The fourth-order valence-corrected chi connectivity index (χ4v) is 4.21. The highest BCUT2D eigenvalue weighted by Crippen LogP contribution is 2.40. The van der Waals surface area contributed by atoms with Gasteiger partial charge in [-0.05, 0) is 45.2 Å². The van der Waals surface area contributed by atoms with Crippen molar-refractivity contribution in [3.05, 3.63) is 33.3 Å². The normalized spacial score (nSPS) is 20.3. The monoisotopic (exact) mass is 301 g/mol. The summed E-state index contributed by atoms with van der Waals surface area (Å²) in [5.74, 6) is 0.878. The average Bonchev–Trinajstić information content (AvgIpc) is 2.75. The third-order valence-electron chi connectivity index (χ3n) is 4.31. The molecule has 1 unspecified atom stereocenters. The number of aromatic nitrogens is 2. The van der Waals surface area contributed by atoms with E-state index in [1.807, 2.05) is 24.6 Å². The van der Waals surface area contributed by atoms with Gasteiger partial charge in [-0.3, -0.25) is 0 Å². The lowest BCUT2D eigenvalue weighted by Gasteiger charge is -2.36. The van der Waals surface area contributed by atoms with Crippen LogP contribution in [0.25, 0.3) is 11.4 Å². The number of thiophene rings is 1. The minimum Gasteiger partial charge on any atom is -0.313 e. The van der Waals surface area contributed by atoms with Gasteiger partial charge in [0.25, 0.3) is 0 Å². The van der Waals surface area contributed by atoms with E-state index < -0.39 is 0 Å². The van der Waals surface area contributed by atoms with Crippen LogP contribution in [0.5, 0.6) is 0 Å². The van der Waals surface area contributed by atoms with Gasteiger partial charge in [-0.1, -0.05) is 13.8 Å². The Bertz CT molecular complexity index is 673. The van der Waals surface area contributed by atoms with Crippen molar-refractivity contribution in [2.45, 2.75) is 46.6 Å². The first-order chi connectivity index (χ1) is 9.89. The molecule has 1 aliphatic carbocycles. The Labute approximate surface area is 130 Å². The molecule has 1 atom stereocenters. The summed E-state index contributed by atoms with van der Waals surface area (Å²) in [6.07, 6.45) is 4.19. The van der Waals surface area contributed by atoms with Crippen molar-refractivity contribution in [2.75, 3.05) is 7.05 Å². The van der Waals surface area contributed by atoms with Crippen LogP contribution in [0, 0.1) is 19.3 Å². The van der Waals surface area contributed by atoms with Crippen molar-refractivity contribution < 1.29 is 0 Å². The molecule has 2 aromatic heterocycles. The van der Waals surface area contributed by atoms with Gasteiger partial charge >= 0.3 is 0 Å². The van der Waals surface area contributed by atoms with E-state index in [1.165, 1.54) is 26.6 Å². The van der Waals surface area contributed by atoms with Crippen LogP contribution in [-0.2, 0) is 6.42 Å². The van der Waals surface area contributed by atoms with Crippen molar-refractivity contribution in [1.82, 2.24) is 15.3 Å². The van der Waals surface area contributed by atoms with Crippen molar-refractivity contribution in [1.29, 1.82) is 0 Å². The average molecular weight is 301 g/mol. The molecule has 0 aliphatic heterocycles. The third kappa shape index (κ3) is 2.74. The van der Waals surface area contributed by atoms with Gasteiger partial charge < -0.3 is 5.32 Å². The Morgan fingerprint density at radius 2 is 2.10 bits per heavy atom. The fourth-order valence-electron chi connectivity index (χ4n) is 3.29. The smallest absolute Gasteiger partial charge is 0.160 e. The summed E-state index contributed by atoms with van der Waals surface area (Å²) in [4.78, 5) is 12.2. The standard InChI is InChI=1S/C17H23N3S/c1-10-6-12(11(2)21-10)16-19-9-13-14(18-5)7-17(3,4)8-15(13)20-16/h6,9,14,18H,7-8H2,1-5H3. The van der Waals surface area contributed by atoms with E-state index >= 15 is 0 Å². The summed E-state index contributed by atoms with van der Waals surface area (Å²) in [5, 5.41) is 3.41. The minimum absolute atomic E-state index is 0.284. The van der Waals surface area contributed by atoms with Crippen LogP contribution >= 0.6 is 11.3 Å². The molecular weight excluding hydrogens is 278 g/mol. The second kappa shape index (κ2) is 5.18. The zero-order valence-electron chi connectivity index (χ0n) is 13.4. The zero-order valence-corrected chi connectivity index (χ0v) is 14.3. The summed E-state index contributed by atoms with van der Waals surface area (Å²) >= 11 is 1.81. The Hall–Kier alpha value is -1.26. The van der Waals surface area contributed by atoms with Gasteiger partial charge in [0.2, 0.25) is 0 Å². The molecule has 3 nitrogen and oxygen atoms in total. The molecule has 0 aromatic carbocycles. The quantitative estimate of drug-likeness (QED) is 0.909. The maximum atomic E-state index is 4.91. The molecule has 2 heterocycles. The van der Waals surface area contributed by atoms with Crippen molar-refractivity contribution >= 4 is 11.3 Å². The first kappa shape index (κ1) is 14.7. The molecule has 0 fully saturated rings. The molecule has 21 heavy (non-hydrogen) atoms. The molecular formula is C17H23N3S.